The molecular formula is C20H15NO2. The van der Waals surface area contributed by atoms with E-state index in [-0.39, 0.29) is 0 Å². The fraction of sp³-hybridized carbons (Fsp3) is 0.150. The third-order valence-electron chi connectivity index (χ3n) is 4.70. The van der Waals surface area contributed by atoms with Gasteiger partial charge in [-0.3, -0.25) is 0 Å². The van der Waals surface area contributed by atoms with Gasteiger partial charge in [0.15, 0.2) is 11.5 Å². The predicted octanol–water partition coefficient (Wildman–Crippen LogP) is 5.81. The average molecular weight is 301 g/mol. The SMILES string of the molecule is Cc1nc2c(o1)c1c(C)coc1c1ccc3c(C)cccc3c12. The second kappa shape index (κ2) is 4.13. The van der Waals surface area contributed by atoms with E-state index < -0.39 is 0 Å². The van der Waals surface area contributed by atoms with Crippen molar-refractivity contribution in [3.63, 3.8) is 0 Å². The number of benzene rings is 3. The third kappa shape index (κ3) is 1.51. The molecule has 0 saturated heterocycles. The fourth-order valence-corrected chi connectivity index (χ4v) is 3.65. The van der Waals surface area contributed by atoms with Crippen molar-refractivity contribution in [3.05, 3.63) is 53.6 Å². The highest BCUT2D eigenvalue weighted by molar-refractivity contribution is 6.28. The van der Waals surface area contributed by atoms with Gasteiger partial charge < -0.3 is 8.83 Å². The third-order valence-corrected chi connectivity index (χ3v) is 4.70. The van der Waals surface area contributed by atoms with Crippen LogP contribution in [0.2, 0.25) is 0 Å². The molecule has 0 N–H and O–H groups in total. The molecule has 2 aromatic heterocycles. The Morgan fingerprint density at radius 3 is 2.48 bits per heavy atom. The molecule has 0 bridgehead atoms. The van der Waals surface area contributed by atoms with Crippen LogP contribution in [0.15, 0.2) is 45.4 Å². The maximum absolute atomic E-state index is 5.94. The quantitative estimate of drug-likeness (QED) is 0.339. The first-order valence-electron chi connectivity index (χ1n) is 7.74. The number of fused-ring (bicyclic) bond motifs is 8. The Hall–Kier alpha value is -2.81. The van der Waals surface area contributed by atoms with E-state index in [1.165, 1.54) is 16.3 Å². The summed E-state index contributed by atoms with van der Waals surface area (Å²) in [6, 6.07) is 10.7. The lowest BCUT2D eigenvalue weighted by Crippen LogP contribution is -1.84. The van der Waals surface area contributed by atoms with Gasteiger partial charge in [-0.05, 0) is 41.8 Å². The number of nitrogens with zero attached hydrogens (tertiary/aromatic N) is 1. The van der Waals surface area contributed by atoms with Crippen LogP contribution in [-0.2, 0) is 0 Å². The number of rotatable bonds is 0. The van der Waals surface area contributed by atoms with E-state index in [0.29, 0.717) is 5.89 Å². The number of oxazole rings is 1. The summed E-state index contributed by atoms with van der Waals surface area (Å²) in [6.45, 7) is 6.07. The lowest BCUT2D eigenvalue weighted by Gasteiger charge is -2.07. The van der Waals surface area contributed by atoms with Crippen LogP contribution in [0.5, 0.6) is 0 Å². The molecule has 0 atom stereocenters. The molecule has 0 unspecified atom stereocenters. The van der Waals surface area contributed by atoms with E-state index in [2.05, 4.69) is 42.2 Å². The summed E-state index contributed by atoms with van der Waals surface area (Å²) < 4.78 is 11.8. The monoisotopic (exact) mass is 301 g/mol. The largest absolute Gasteiger partial charge is 0.463 e. The van der Waals surface area contributed by atoms with E-state index in [0.717, 1.165) is 38.4 Å². The summed E-state index contributed by atoms with van der Waals surface area (Å²) in [5, 5.41) is 5.66. The molecule has 5 aromatic rings. The Balaban J connectivity index is 2.22. The second-order valence-electron chi connectivity index (χ2n) is 6.19. The Bertz CT molecular complexity index is 1240. The minimum atomic E-state index is 0.680. The zero-order chi connectivity index (χ0) is 15.7. The first kappa shape index (κ1) is 12.7. The molecule has 3 aromatic carbocycles. The number of hydrogen-bond donors (Lipinski definition) is 0. The Kier molecular flexibility index (Phi) is 2.28. The zero-order valence-electron chi connectivity index (χ0n) is 13.2. The van der Waals surface area contributed by atoms with Crippen molar-refractivity contribution in [2.24, 2.45) is 0 Å². The average Bonchev–Trinajstić information content (AvgIpc) is 3.10. The molecule has 0 saturated carbocycles. The van der Waals surface area contributed by atoms with Gasteiger partial charge in [-0.15, -0.1) is 0 Å². The van der Waals surface area contributed by atoms with Gasteiger partial charge in [-0.25, -0.2) is 4.98 Å². The van der Waals surface area contributed by atoms with Gasteiger partial charge in [0.25, 0.3) is 0 Å². The van der Waals surface area contributed by atoms with Crippen LogP contribution >= 0.6 is 0 Å². The molecule has 3 nitrogen and oxygen atoms in total. The Morgan fingerprint density at radius 2 is 1.61 bits per heavy atom. The van der Waals surface area contributed by atoms with E-state index in [1.807, 2.05) is 13.8 Å². The topological polar surface area (TPSA) is 39.2 Å². The molecule has 0 fully saturated rings. The van der Waals surface area contributed by atoms with Crippen molar-refractivity contribution < 1.29 is 8.83 Å². The van der Waals surface area contributed by atoms with Crippen molar-refractivity contribution in [1.82, 2.24) is 4.98 Å². The lowest BCUT2D eigenvalue weighted by molar-refractivity contribution is 0.563. The first-order valence-corrected chi connectivity index (χ1v) is 7.74. The molecule has 0 amide bonds. The highest BCUT2D eigenvalue weighted by Crippen LogP contribution is 2.41. The zero-order valence-corrected chi connectivity index (χ0v) is 13.2. The van der Waals surface area contributed by atoms with Gasteiger partial charge in [0.1, 0.15) is 11.1 Å². The lowest BCUT2D eigenvalue weighted by atomic mass is 9.96. The van der Waals surface area contributed by atoms with Crippen molar-refractivity contribution in [2.45, 2.75) is 20.8 Å². The summed E-state index contributed by atoms with van der Waals surface area (Å²) >= 11 is 0. The maximum atomic E-state index is 5.94. The molecule has 3 heteroatoms. The summed E-state index contributed by atoms with van der Waals surface area (Å²) in [5.41, 5.74) is 4.96. The molecule has 0 aliphatic heterocycles. The normalized spacial score (nSPS) is 12.1. The van der Waals surface area contributed by atoms with E-state index in [1.54, 1.807) is 6.26 Å². The molecule has 0 spiro atoms. The molecule has 23 heavy (non-hydrogen) atoms. The molecule has 0 aliphatic rings. The molecule has 0 aliphatic carbocycles. The highest BCUT2D eigenvalue weighted by atomic mass is 16.4. The van der Waals surface area contributed by atoms with Crippen molar-refractivity contribution in [1.29, 1.82) is 0 Å². The fourth-order valence-electron chi connectivity index (χ4n) is 3.65. The van der Waals surface area contributed by atoms with Gasteiger partial charge >= 0.3 is 0 Å². The van der Waals surface area contributed by atoms with Gasteiger partial charge in [-0.2, -0.15) is 0 Å². The van der Waals surface area contributed by atoms with E-state index in [9.17, 15) is 0 Å². The van der Waals surface area contributed by atoms with E-state index >= 15 is 0 Å². The molecule has 0 radical (unpaired) electrons. The number of aromatic nitrogens is 1. The molecule has 2 heterocycles. The van der Waals surface area contributed by atoms with Crippen LogP contribution in [0.1, 0.15) is 17.0 Å². The van der Waals surface area contributed by atoms with Crippen molar-refractivity contribution in [2.75, 3.05) is 0 Å². The van der Waals surface area contributed by atoms with Crippen LogP contribution in [-0.4, -0.2) is 4.98 Å². The smallest absolute Gasteiger partial charge is 0.192 e. The summed E-state index contributed by atoms with van der Waals surface area (Å²) in [7, 11) is 0. The van der Waals surface area contributed by atoms with Crippen LogP contribution in [0.3, 0.4) is 0 Å². The molecule has 112 valence electrons. The first-order chi connectivity index (χ1) is 11.1. The van der Waals surface area contributed by atoms with Crippen LogP contribution in [0.25, 0.3) is 43.6 Å². The number of furan rings is 1. The maximum Gasteiger partial charge on any atom is 0.192 e. The second-order valence-corrected chi connectivity index (χ2v) is 6.19. The number of hydrogen-bond acceptors (Lipinski definition) is 3. The molecular weight excluding hydrogens is 286 g/mol. The van der Waals surface area contributed by atoms with Crippen molar-refractivity contribution >= 4 is 43.6 Å². The Labute approximate surface area is 132 Å². The summed E-state index contributed by atoms with van der Waals surface area (Å²) in [5.74, 6) is 0.680. The van der Waals surface area contributed by atoms with Crippen molar-refractivity contribution in [3.8, 4) is 0 Å². The minimum absolute atomic E-state index is 0.680. The van der Waals surface area contributed by atoms with Gasteiger partial charge in [0.2, 0.25) is 0 Å². The Morgan fingerprint density at radius 1 is 0.783 bits per heavy atom. The van der Waals surface area contributed by atoms with Crippen LogP contribution in [0.4, 0.5) is 0 Å². The van der Waals surface area contributed by atoms with Crippen LogP contribution < -0.4 is 0 Å². The van der Waals surface area contributed by atoms with Gasteiger partial charge in [0, 0.05) is 17.7 Å². The van der Waals surface area contributed by atoms with E-state index in [4.69, 9.17) is 8.83 Å². The summed E-state index contributed by atoms with van der Waals surface area (Å²) in [4.78, 5) is 4.68. The van der Waals surface area contributed by atoms with Gasteiger partial charge in [-0.1, -0.05) is 24.3 Å². The minimum Gasteiger partial charge on any atom is -0.463 e. The standard InChI is InChI=1S/C20H15NO2/c1-10-5-4-6-14-13(10)7-8-15-17(14)18-20(23-12(3)21-18)16-11(2)9-22-19(15)16/h4-9H,1-3H3. The highest BCUT2D eigenvalue weighted by Gasteiger charge is 2.19. The number of aryl methyl sites for hydroxylation is 3. The molecule has 5 rings (SSSR count). The van der Waals surface area contributed by atoms with Crippen LogP contribution in [0, 0.1) is 20.8 Å². The predicted molar refractivity (Wildman–Crippen MR) is 93.0 cm³/mol. The summed E-state index contributed by atoms with van der Waals surface area (Å²) in [6.07, 6.45) is 1.79. The van der Waals surface area contributed by atoms with Gasteiger partial charge in [0.05, 0.1) is 11.6 Å².